The van der Waals surface area contributed by atoms with Crippen molar-refractivity contribution >= 4 is 17.5 Å². The molecule has 1 aliphatic rings. The van der Waals surface area contributed by atoms with Gasteiger partial charge in [0.15, 0.2) is 0 Å². The van der Waals surface area contributed by atoms with Crippen LogP contribution in [0.1, 0.15) is 34.8 Å². The number of nitrogens with zero attached hydrogens (tertiary/aromatic N) is 4. The molecule has 1 aliphatic heterocycles. The number of amides is 2. The Morgan fingerprint density at radius 1 is 0.854 bits per heavy atom. The molecule has 0 bridgehead atoms. The van der Waals surface area contributed by atoms with Crippen molar-refractivity contribution in [1.29, 1.82) is 0 Å². The van der Waals surface area contributed by atoms with Crippen molar-refractivity contribution in [3.63, 3.8) is 0 Å². The molecular formula is C34H36N4O3. The van der Waals surface area contributed by atoms with Crippen molar-refractivity contribution in [1.82, 2.24) is 14.8 Å². The number of pyridine rings is 1. The summed E-state index contributed by atoms with van der Waals surface area (Å²) >= 11 is 0. The summed E-state index contributed by atoms with van der Waals surface area (Å²) < 4.78 is 5.56. The number of anilines is 1. The first-order valence-corrected chi connectivity index (χ1v) is 14.0. The fourth-order valence-electron chi connectivity index (χ4n) is 5.41. The number of methoxy groups -OCH3 is 1. The number of carbonyl (C=O) groups is 2. The van der Waals surface area contributed by atoms with Gasteiger partial charge in [-0.25, -0.2) is 0 Å². The maximum Gasteiger partial charge on any atom is 0.257 e. The van der Waals surface area contributed by atoms with E-state index in [1.807, 2.05) is 82.7 Å². The van der Waals surface area contributed by atoms with E-state index in [1.54, 1.807) is 20.2 Å². The zero-order chi connectivity index (χ0) is 28.6. The summed E-state index contributed by atoms with van der Waals surface area (Å²) in [5, 5.41) is 0. The Morgan fingerprint density at radius 3 is 2.41 bits per heavy atom. The highest BCUT2D eigenvalue weighted by atomic mass is 16.5. The first kappa shape index (κ1) is 28.1. The average molecular weight is 549 g/mol. The third-order valence-electron chi connectivity index (χ3n) is 7.52. The van der Waals surface area contributed by atoms with Gasteiger partial charge in [-0.15, -0.1) is 0 Å². The monoisotopic (exact) mass is 548 g/mol. The van der Waals surface area contributed by atoms with Crippen molar-refractivity contribution < 1.29 is 14.3 Å². The molecule has 1 aromatic heterocycles. The number of hydrogen-bond donors (Lipinski definition) is 0. The Kier molecular flexibility index (Phi) is 9.06. The van der Waals surface area contributed by atoms with Crippen molar-refractivity contribution in [3.05, 3.63) is 114 Å². The first-order chi connectivity index (χ1) is 20.0. The van der Waals surface area contributed by atoms with Crippen LogP contribution < -0.4 is 9.64 Å². The molecule has 0 fully saturated rings. The summed E-state index contributed by atoms with van der Waals surface area (Å²) in [6, 6.07) is 27.8. The fraction of sp³-hybridized carbons (Fsp3) is 0.265. The fourth-order valence-corrected chi connectivity index (χ4v) is 5.41. The molecule has 210 valence electrons. The minimum Gasteiger partial charge on any atom is -0.496 e. The molecule has 2 amide bonds. The summed E-state index contributed by atoms with van der Waals surface area (Å²) in [6.45, 7) is 5.36. The lowest BCUT2D eigenvalue weighted by molar-refractivity contribution is -0.116. The van der Waals surface area contributed by atoms with E-state index in [-0.39, 0.29) is 11.8 Å². The third-order valence-corrected chi connectivity index (χ3v) is 7.52. The molecule has 0 aliphatic carbocycles. The number of carbonyl (C=O) groups excluding carboxylic acids is 2. The smallest absolute Gasteiger partial charge is 0.257 e. The van der Waals surface area contributed by atoms with Crippen LogP contribution in [0.5, 0.6) is 5.75 Å². The highest BCUT2D eigenvalue weighted by molar-refractivity contribution is 5.97. The van der Waals surface area contributed by atoms with Gasteiger partial charge >= 0.3 is 0 Å². The molecule has 5 rings (SSSR count). The molecule has 2 heterocycles. The standard InChI is InChI=1S/C34H36N4O3/c1-26(39)38-19-9-18-36(24-27-10-4-3-5-11-27)20-21-37(34(40)31-13-6-7-14-33(31)41-2)25-30-22-28(15-16-32(30)38)29-12-8-17-35-23-29/h3-8,10-17,22-23H,9,18-21,24-25H2,1-2H3. The van der Waals surface area contributed by atoms with E-state index in [9.17, 15) is 9.59 Å². The van der Waals surface area contributed by atoms with Crippen LogP contribution in [0, 0.1) is 0 Å². The van der Waals surface area contributed by atoms with Gasteiger partial charge in [-0.1, -0.05) is 54.6 Å². The van der Waals surface area contributed by atoms with E-state index in [0.717, 1.165) is 41.9 Å². The molecular weight excluding hydrogens is 512 g/mol. The summed E-state index contributed by atoms with van der Waals surface area (Å²) in [4.78, 5) is 37.5. The van der Waals surface area contributed by atoms with E-state index in [0.29, 0.717) is 37.5 Å². The van der Waals surface area contributed by atoms with Gasteiger partial charge < -0.3 is 14.5 Å². The Hall–Kier alpha value is -4.49. The second-order valence-electron chi connectivity index (χ2n) is 10.3. The van der Waals surface area contributed by atoms with Gasteiger partial charge in [0.1, 0.15) is 5.75 Å². The zero-order valence-electron chi connectivity index (χ0n) is 23.7. The van der Waals surface area contributed by atoms with E-state index in [1.165, 1.54) is 5.56 Å². The van der Waals surface area contributed by atoms with Gasteiger partial charge in [-0.3, -0.25) is 19.5 Å². The number of rotatable bonds is 5. The molecule has 0 unspecified atom stereocenters. The maximum atomic E-state index is 14.1. The molecule has 0 spiro atoms. The molecule has 7 heteroatoms. The van der Waals surface area contributed by atoms with Crippen LogP contribution in [-0.4, -0.2) is 59.9 Å². The molecule has 41 heavy (non-hydrogen) atoms. The minimum absolute atomic E-state index is 0.0168. The maximum absolute atomic E-state index is 14.1. The number of hydrogen-bond acceptors (Lipinski definition) is 5. The topological polar surface area (TPSA) is 66.0 Å². The number of para-hydroxylation sites is 1. The van der Waals surface area contributed by atoms with E-state index in [4.69, 9.17) is 4.74 Å². The lowest BCUT2D eigenvalue weighted by Crippen LogP contribution is -2.38. The van der Waals surface area contributed by atoms with Gasteiger partial charge in [-0.05, 0) is 59.0 Å². The molecule has 4 aromatic rings. The van der Waals surface area contributed by atoms with Crippen molar-refractivity contribution in [2.75, 3.05) is 38.2 Å². The van der Waals surface area contributed by atoms with Crippen molar-refractivity contribution in [3.8, 4) is 16.9 Å². The Labute approximate surface area is 242 Å². The number of benzene rings is 3. The normalized spacial score (nSPS) is 14.6. The zero-order valence-corrected chi connectivity index (χ0v) is 23.7. The van der Waals surface area contributed by atoms with Crippen molar-refractivity contribution in [2.45, 2.75) is 26.4 Å². The molecule has 0 saturated carbocycles. The molecule has 0 saturated heterocycles. The van der Waals surface area contributed by atoms with E-state index in [2.05, 4.69) is 28.1 Å². The van der Waals surface area contributed by atoms with Crippen LogP contribution in [0.2, 0.25) is 0 Å². The number of ether oxygens (including phenoxy) is 1. The van der Waals surface area contributed by atoms with Crippen LogP contribution in [-0.2, 0) is 17.9 Å². The summed E-state index contributed by atoms with van der Waals surface area (Å²) in [7, 11) is 1.58. The van der Waals surface area contributed by atoms with Gasteiger partial charge in [-0.2, -0.15) is 0 Å². The third kappa shape index (κ3) is 6.81. The van der Waals surface area contributed by atoms with Crippen molar-refractivity contribution in [2.24, 2.45) is 0 Å². The number of fused-ring (bicyclic) bond motifs is 1. The second kappa shape index (κ2) is 13.2. The summed E-state index contributed by atoms with van der Waals surface area (Å²) in [5.41, 5.74) is 5.47. The quantitative estimate of drug-likeness (QED) is 0.322. The summed E-state index contributed by atoms with van der Waals surface area (Å²) in [5.74, 6) is 0.424. The van der Waals surface area contributed by atoms with Crippen LogP contribution in [0.25, 0.3) is 11.1 Å². The average Bonchev–Trinajstić information content (AvgIpc) is 3.04. The molecule has 3 aromatic carbocycles. The Balaban J connectivity index is 1.56. The highest BCUT2D eigenvalue weighted by Crippen LogP contribution is 2.30. The van der Waals surface area contributed by atoms with Gasteiger partial charge in [0.2, 0.25) is 5.91 Å². The molecule has 0 N–H and O–H groups in total. The van der Waals surface area contributed by atoms with Crippen LogP contribution >= 0.6 is 0 Å². The molecule has 0 radical (unpaired) electrons. The largest absolute Gasteiger partial charge is 0.496 e. The minimum atomic E-state index is -0.103. The van der Waals surface area contributed by atoms with E-state index >= 15 is 0 Å². The predicted molar refractivity (Wildman–Crippen MR) is 162 cm³/mol. The Morgan fingerprint density at radius 2 is 1.66 bits per heavy atom. The lowest BCUT2D eigenvalue weighted by atomic mass is 10.0. The molecule has 7 nitrogen and oxygen atoms in total. The SMILES string of the molecule is COc1ccccc1C(=O)N1CCN(Cc2ccccc2)CCCN(C(C)=O)c2ccc(-c3cccnc3)cc2C1. The second-order valence-corrected chi connectivity index (χ2v) is 10.3. The Bertz CT molecular complexity index is 1480. The van der Waals surface area contributed by atoms with Crippen LogP contribution in [0.3, 0.4) is 0 Å². The van der Waals surface area contributed by atoms with Crippen LogP contribution in [0.4, 0.5) is 5.69 Å². The predicted octanol–water partition coefficient (Wildman–Crippen LogP) is 5.66. The highest BCUT2D eigenvalue weighted by Gasteiger charge is 2.25. The molecule has 0 atom stereocenters. The number of aromatic nitrogens is 1. The summed E-state index contributed by atoms with van der Waals surface area (Å²) in [6.07, 6.45) is 4.40. The van der Waals surface area contributed by atoms with Gasteiger partial charge in [0.05, 0.1) is 12.7 Å². The van der Waals surface area contributed by atoms with Gasteiger partial charge in [0.25, 0.3) is 5.91 Å². The van der Waals surface area contributed by atoms with E-state index < -0.39 is 0 Å². The van der Waals surface area contributed by atoms with Crippen LogP contribution in [0.15, 0.2) is 97.3 Å². The lowest BCUT2D eigenvalue weighted by Gasteiger charge is -2.29. The first-order valence-electron chi connectivity index (χ1n) is 14.0. The van der Waals surface area contributed by atoms with Gasteiger partial charge in [0, 0.05) is 64.3 Å².